The second kappa shape index (κ2) is 5.74. The molecule has 0 spiro atoms. The molecule has 0 radical (unpaired) electrons. The minimum Gasteiger partial charge on any atom is -0.307 e. The molecule has 1 aliphatic heterocycles. The minimum atomic E-state index is -3.05. The Morgan fingerprint density at radius 1 is 1.40 bits per heavy atom. The predicted molar refractivity (Wildman–Crippen MR) is 81.2 cm³/mol. The molecular weight excluding hydrogens is 298 g/mol. The maximum Gasteiger partial charge on any atom is 0.242 e. The molecule has 1 saturated heterocycles. The van der Waals surface area contributed by atoms with Gasteiger partial charge >= 0.3 is 0 Å². The molecule has 0 unspecified atom stereocenters. The van der Waals surface area contributed by atoms with Gasteiger partial charge in [-0.1, -0.05) is 12.1 Å². The van der Waals surface area contributed by atoms with Crippen LogP contribution in [0.25, 0.3) is 0 Å². The quantitative estimate of drug-likeness (QED) is 0.802. The van der Waals surface area contributed by atoms with E-state index in [1.165, 1.54) is 0 Å². The van der Waals surface area contributed by atoms with Gasteiger partial charge in [0.25, 0.3) is 0 Å². The number of benzene rings is 1. The highest BCUT2D eigenvalue weighted by molar-refractivity contribution is 7.91. The molecule has 1 fully saturated rings. The van der Waals surface area contributed by atoms with Gasteiger partial charge in [0.15, 0.2) is 9.84 Å². The van der Waals surface area contributed by atoms with E-state index in [-0.39, 0.29) is 29.3 Å². The van der Waals surface area contributed by atoms with Crippen molar-refractivity contribution >= 4 is 33.0 Å². The first kappa shape index (κ1) is 15.3. The molecule has 1 heterocycles. The van der Waals surface area contributed by atoms with Crippen molar-refractivity contribution in [3.63, 3.8) is 0 Å². The normalized spacial score (nSPS) is 20.9. The Labute approximate surface area is 124 Å². The number of sulfone groups is 1. The maximum atomic E-state index is 12.2. The van der Waals surface area contributed by atoms with Crippen LogP contribution in [0.5, 0.6) is 0 Å². The zero-order valence-corrected chi connectivity index (χ0v) is 13.2. The molecule has 1 atom stereocenters. The first-order valence-corrected chi connectivity index (χ1v) is 8.85. The van der Waals surface area contributed by atoms with Crippen molar-refractivity contribution in [2.75, 3.05) is 22.3 Å². The summed E-state index contributed by atoms with van der Waals surface area (Å²) in [5.74, 6) is -0.246. The summed E-state index contributed by atoms with van der Waals surface area (Å²) in [5, 5.41) is 0. The van der Waals surface area contributed by atoms with Crippen molar-refractivity contribution in [3.05, 3.63) is 29.3 Å². The van der Waals surface area contributed by atoms with Crippen LogP contribution in [0.15, 0.2) is 18.2 Å². The average Bonchev–Trinajstić information content (AvgIpc) is 2.74. The van der Waals surface area contributed by atoms with Crippen LogP contribution < -0.4 is 4.90 Å². The molecule has 20 heavy (non-hydrogen) atoms. The van der Waals surface area contributed by atoms with E-state index < -0.39 is 9.84 Å². The van der Waals surface area contributed by atoms with Crippen LogP contribution >= 0.6 is 11.6 Å². The molecule has 0 bridgehead atoms. The SMILES string of the molecule is Cc1ccc(C)c(N(C(=O)CCl)[C@H]2CCS(=O)(=O)C2)c1. The van der Waals surface area contributed by atoms with Gasteiger partial charge in [0.05, 0.1) is 17.5 Å². The lowest BCUT2D eigenvalue weighted by Gasteiger charge is -2.29. The van der Waals surface area contributed by atoms with E-state index in [4.69, 9.17) is 11.6 Å². The summed E-state index contributed by atoms with van der Waals surface area (Å²) in [6.45, 7) is 3.85. The van der Waals surface area contributed by atoms with E-state index in [9.17, 15) is 13.2 Å². The molecule has 0 saturated carbocycles. The van der Waals surface area contributed by atoms with Crippen LogP contribution in [0.1, 0.15) is 17.5 Å². The predicted octanol–water partition coefficient (Wildman–Crippen LogP) is 2.06. The Kier molecular flexibility index (Phi) is 4.39. The summed E-state index contributed by atoms with van der Waals surface area (Å²) in [4.78, 5) is 13.7. The lowest BCUT2D eigenvalue weighted by molar-refractivity contribution is -0.116. The fraction of sp³-hybridized carbons (Fsp3) is 0.500. The first-order valence-electron chi connectivity index (χ1n) is 6.50. The fourth-order valence-electron chi connectivity index (χ4n) is 2.56. The number of carbonyl (C=O) groups is 1. The Balaban J connectivity index is 2.43. The van der Waals surface area contributed by atoms with Gasteiger partial charge in [-0.3, -0.25) is 4.79 Å². The van der Waals surface area contributed by atoms with Crippen LogP contribution in [0.3, 0.4) is 0 Å². The number of nitrogens with zero attached hydrogens (tertiary/aromatic N) is 1. The summed E-state index contributed by atoms with van der Waals surface area (Å²) in [6.07, 6.45) is 0.471. The van der Waals surface area contributed by atoms with E-state index in [2.05, 4.69) is 0 Å². The Bertz CT molecular complexity index is 627. The zero-order valence-electron chi connectivity index (χ0n) is 11.6. The molecule has 6 heteroatoms. The second-order valence-corrected chi connectivity index (χ2v) is 7.74. The monoisotopic (exact) mass is 315 g/mol. The molecule has 4 nitrogen and oxygen atoms in total. The third kappa shape index (κ3) is 3.15. The van der Waals surface area contributed by atoms with E-state index >= 15 is 0 Å². The highest BCUT2D eigenvalue weighted by atomic mass is 35.5. The molecular formula is C14H18ClNO3S. The van der Waals surface area contributed by atoms with E-state index in [1.54, 1.807) is 4.90 Å². The van der Waals surface area contributed by atoms with Crippen LogP contribution in [0, 0.1) is 13.8 Å². The summed E-state index contributed by atoms with van der Waals surface area (Å²) in [5.41, 5.74) is 2.73. The van der Waals surface area contributed by atoms with Gasteiger partial charge in [0.2, 0.25) is 5.91 Å². The summed E-state index contributed by atoms with van der Waals surface area (Å²) in [6, 6.07) is 5.49. The average molecular weight is 316 g/mol. The number of aryl methyl sites for hydroxylation is 2. The smallest absolute Gasteiger partial charge is 0.242 e. The van der Waals surface area contributed by atoms with E-state index in [1.807, 2.05) is 32.0 Å². The molecule has 1 aliphatic rings. The van der Waals surface area contributed by atoms with Crippen molar-refractivity contribution in [1.82, 2.24) is 0 Å². The van der Waals surface area contributed by atoms with Gasteiger partial charge < -0.3 is 4.90 Å². The van der Waals surface area contributed by atoms with Gasteiger partial charge in [-0.15, -0.1) is 11.6 Å². The molecule has 2 rings (SSSR count). The molecule has 1 aromatic carbocycles. The third-order valence-electron chi connectivity index (χ3n) is 3.58. The molecule has 110 valence electrons. The summed E-state index contributed by atoms with van der Waals surface area (Å²) < 4.78 is 23.3. The van der Waals surface area contributed by atoms with Gasteiger partial charge in [-0.2, -0.15) is 0 Å². The van der Waals surface area contributed by atoms with Gasteiger partial charge in [-0.05, 0) is 37.5 Å². The number of carbonyl (C=O) groups excluding carboxylic acids is 1. The van der Waals surface area contributed by atoms with Crippen molar-refractivity contribution in [1.29, 1.82) is 0 Å². The van der Waals surface area contributed by atoms with Crippen molar-refractivity contribution in [2.45, 2.75) is 26.3 Å². The molecule has 0 aromatic heterocycles. The highest BCUT2D eigenvalue weighted by Crippen LogP contribution is 2.28. The number of hydrogen-bond donors (Lipinski definition) is 0. The Morgan fingerprint density at radius 2 is 2.10 bits per heavy atom. The largest absolute Gasteiger partial charge is 0.307 e. The number of anilines is 1. The van der Waals surface area contributed by atoms with Gasteiger partial charge in [0.1, 0.15) is 5.88 Å². The zero-order chi connectivity index (χ0) is 14.9. The van der Waals surface area contributed by atoms with Crippen molar-refractivity contribution in [3.8, 4) is 0 Å². The topological polar surface area (TPSA) is 54.5 Å². The summed E-state index contributed by atoms with van der Waals surface area (Å²) >= 11 is 5.70. The number of amides is 1. The fourth-order valence-corrected chi connectivity index (χ4v) is 4.39. The minimum absolute atomic E-state index is 0.0169. The third-order valence-corrected chi connectivity index (χ3v) is 5.56. The van der Waals surface area contributed by atoms with Crippen LogP contribution in [-0.4, -0.2) is 37.8 Å². The Morgan fingerprint density at radius 3 is 2.65 bits per heavy atom. The maximum absolute atomic E-state index is 12.2. The highest BCUT2D eigenvalue weighted by Gasteiger charge is 2.35. The molecule has 1 aromatic rings. The summed E-state index contributed by atoms with van der Waals surface area (Å²) in [7, 11) is -3.05. The van der Waals surface area contributed by atoms with Gasteiger partial charge in [0, 0.05) is 5.69 Å². The first-order chi connectivity index (χ1) is 9.34. The lowest BCUT2D eigenvalue weighted by atomic mass is 10.1. The van der Waals surface area contributed by atoms with Gasteiger partial charge in [-0.25, -0.2) is 8.42 Å². The van der Waals surface area contributed by atoms with E-state index in [0.29, 0.717) is 6.42 Å². The standard InChI is InChI=1S/C14H18ClNO3S/c1-10-3-4-11(2)13(7-10)16(14(17)8-15)12-5-6-20(18,19)9-12/h3-4,7,12H,5-6,8-9H2,1-2H3/t12-/m0/s1. The molecule has 0 N–H and O–H groups in total. The van der Waals surface area contributed by atoms with Crippen molar-refractivity contribution in [2.24, 2.45) is 0 Å². The number of rotatable bonds is 3. The number of hydrogen-bond acceptors (Lipinski definition) is 3. The van der Waals surface area contributed by atoms with E-state index in [0.717, 1.165) is 16.8 Å². The van der Waals surface area contributed by atoms with Crippen molar-refractivity contribution < 1.29 is 13.2 Å². The number of halogens is 1. The lowest BCUT2D eigenvalue weighted by Crippen LogP contribution is -2.42. The van der Waals surface area contributed by atoms with Crippen LogP contribution in [-0.2, 0) is 14.6 Å². The number of alkyl halides is 1. The molecule has 0 aliphatic carbocycles. The Hall–Kier alpha value is -1.07. The van der Waals surface area contributed by atoms with Crippen LogP contribution in [0.4, 0.5) is 5.69 Å². The molecule has 1 amide bonds. The van der Waals surface area contributed by atoms with Crippen LogP contribution in [0.2, 0.25) is 0 Å². The second-order valence-electron chi connectivity index (χ2n) is 5.24.